The highest BCUT2D eigenvalue weighted by atomic mass is 15.1. The third-order valence-electron chi connectivity index (χ3n) is 1.14. The number of nitrogens with zero attached hydrogens (tertiary/aromatic N) is 3. The van der Waals surface area contributed by atoms with Gasteiger partial charge in [0.2, 0.25) is 0 Å². The second-order valence-electron chi connectivity index (χ2n) is 2.49. The van der Waals surface area contributed by atoms with E-state index in [0.717, 1.165) is 6.54 Å². The summed E-state index contributed by atoms with van der Waals surface area (Å²) in [4.78, 5) is 2.09. The summed E-state index contributed by atoms with van der Waals surface area (Å²) in [6.45, 7) is 0.926. The molecule has 3 heteroatoms. The van der Waals surface area contributed by atoms with Crippen LogP contribution < -0.4 is 0 Å². The lowest BCUT2D eigenvalue weighted by atomic mass is 10.3. The SMILES string of the molecule is CN(C)Cc1ccnnc1. The van der Waals surface area contributed by atoms with Gasteiger partial charge >= 0.3 is 0 Å². The first kappa shape index (κ1) is 7.15. The molecule has 0 aliphatic heterocycles. The van der Waals surface area contributed by atoms with Crippen LogP contribution in [-0.4, -0.2) is 29.2 Å². The molecule has 1 aromatic rings. The molecule has 1 aromatic heterocycles. The Bertz CT molecular complexity index is 183. The number of rotatable bonds is 2. The Morgan fingerprint density at radius 2 is 2.20 bits per heavy atom. The summed E-state index contributed by atoms with van der Waals surface area (Å²) in [6.07, 6.45) is 3.48. The first-order chi connectivity index (χ1) is 4.79. The molecule has 0 atom stereocenters. The maximum atomic E-state index is 3.76. The molecule has 10 heavy (non-hydrogen) atoms. The van der Waals surface area contributed by atoms with Gasteiger partial charge in [-0.05, 0) is 25.7 Å². The summed E-state index contributed by atoms with van der Waals surface area (Å²) in [5, 5.41) is 7.45. The van der Waals surface area contributed by atoms with E-state index in [1.54, 1.807) is 12.4 Å². The molecule has 0 amide bonds. The van der Waals surface area contributed by atoms with Crippen LogP contribution in [0.25, 0.3) is 0 Å². The molecule has 0 N–H and O–H groups in total. The van der Waals surface area contributed by atoms with Crippen molar-refractivity contribution in [2.45, 2.75) is 6.54 Å². The van der Waals surface area contributed by atoms with Gasteiger partial charge in [0.1, 0.15) is 0 Å². The topological polar surface area (TPSA) is 29.0 Å². The maximum absolute atomic E-state index is 3.76. The molecule has 0 aliphatic carbocycles. The van der Waals surface area contributed by atoms with E-state index >= 15 is 0 Å². The predicted octanol–water partition coefficient (Wildman–Crippen LogP) is 0.538. The second kappa shape index (κ2) is 3.27. The van der Waals surface area contributed by atoms with Crippen LogP contribution in [0.2, 0.25) is 0 Å². The number of hydrogen-bond acceptors (Lipinski definition) is 3. The van der Waals surface area contributed by atoms with E-state index in [-0.39, 0.29) is 0 Å². The molecule has 0 aromatic carbocycles. The van der Waals surface area contributed by atoms with Gasteiger partial charge in [-0.2, -0.15) is 10.2 Å². The lowest BCUT2D eigenvalue weighted by Crippen LogP contribution is -2.10. The van der Waals surface area contributed by atoms with Crippen LogP contribution in [-0.2, 0) is 6.54 Å². The Hall–Kier alpha value is -0.960. The van der Waals surface area contributed by atoms with Crippen LogP contribution in [0, 0.1) is 0 Å². The summed E-state index contributed by atoms with van der Waals surface area (Å²) in [6, 6.07) is 1.97. The number of hydrogen-bond donors (Lipinski definition) is 0. The lowest BCUT2D eigenvalue weighted by molar-refractivity contribution is 0.401. The maximum Gasteiger partial charge on any atom is 0.0541 e. The molecule has 1 heterocycles. The van der Waals surface area contributed by atoms with Gasteiger partial charge in [0.25, 0.3) is 0 Å². The smallest absolute Gasteiger partial charge is 0.0541 e. The summed E-state index contributed by atoms with van der Waals surface area (Å²) >= 11 is 0. The van der Waals surface area contributed by atoms with Gasteiger partial charge in [-0.1, -0.05) is 0 Å². The third kappa shape index (κ3) is 2.11. The Balaban J connectivity index is 2.59. The highest BCUT2D eigenvalue weighted by molar-refractivity contribution is 5.04. The van der Waals surface area contributed by atoms with E-state index in [1.807, 2.05) is 20.2 Å². The molecule has 1 rings (SSSR count). The molecule has 3 nitrogen and oxygen atoms in total. The minimum absolute atomic E-state index is 0.926. The van der Waals surface area contributed by atoms with Crippen LogP contribution >= 0.6 is 0 Å². The average Bonchev–Trinajstić information content (AvgIpc) is 1.88. The zero-order valence-corrected chi connectivity index (χ0v) is 6.28. The summed E-state index contributed by atoms with van der Waals surface area (Å²) in [5.41, 5.74) is 1.19. The molecule has 0 saturated heterocycles. The van der Waals surface area contributed by atoms with Crippen molar-refractivity contribution in [1.82, 2.24) is 15.1 Å². The highest BCUT2D eigenvalue weighted by Crippen LogP contribution is 1.95. The lowest BCUT2D eigenvalue weighted by Gasteiger charge is -2.07. The highest BCUT2D eigenvalue weighted by Gasteiger charge is 1.92. The fourth-order valence-corrected chi connectivity index (χ4v) is 0.777. The summed E-state index contributed by atoms with van der Waals surface area (Å²) < 4.78 is 0. The van der Waals surface area contributed by atoms with E-state index in [1.165, 1.54) is 5.56 Å². The molecular weight excluding hydrogens is 126 g/mol. The Morgan fingerprint density at radius 3 is 2.70 bits per heavy atom. The monoisotopic (exact) mass is 137 g/mol. The van der Waals surface area contributed by atoms with Gasteiger partial charge in [0.15, 0.2) is 0 Å². The predicted molar refractivity (Wildman–Crippen MR) is 39.4 cm³/mol. The summed E-state index contributed by atoms with van der Waals surface area (Å²) in [5.74, 6) is 0. The molecule has 0 aliphatic rings. The largest absolute Gasteiger partial charge is 0.305 e. The second-order valence-corrected chi connectivity index (χ2v) is 2.49. The van der Waals surface area contributed by atoms with Gasteiger partial charge < -0.3 is 4.90 Å². The zero-order valence-electron chi connectivity index (χ0n) is 6.28. The normalized spacial score (nSPS) is 10.3. The first-order valence-electron chi connectivity index (χ1n) is 3.19. The Morgan fingerprint density at radius 1 is 1.40 bits per heavy atom. The van der Waals surface area contributed by atoms with Crippen molar-refractivity contribution in [3.8, 4) is 0 Å². The van der Waals surface area contributed by atoms with Crippen molar-refractivity contribution >= 4 is 0 Å². The molecule has 0 spiro atoms. The van der Waals surface area contributed by atoms with Crippen LogP contribution in [0.3, 0.4) is 0 Å². The molecule has 0 fully saturated rings. The van der Waals surface area contributed by atoms with Gasteiger partial charge in [-0.25, -0.2) is 0 Å². The molecule has 0 saturated carbocycles. The third-order valence-corrected chi connectivity index (χ3v) is 1.14. The minimum atomic E-state index is 0.926. The van der Waals surface area contributed by atoms with Gasteiger partial charge in [-0.15, -0.1) is 0 Å². The Labute approximate surface area is 60.7 Å². The molecule has 54 valence electrons. The summed E-state index contributed by atoms with van der Waals surface area (Å²) in [7, 11) is 4.06. The average molecular weight is 137 g/mol. The standard InChI is InChI=1S/C7H11N3/c1-10(2)6-7-3-4-8-9-5-7/h3-5H,6H2,1-2H3. The van der Waals surface area contributed by atoms with Crippen molar-refractivity contribution < 1.29 is 0 Å². The Kier molecular flexibility index (Phi) is 2.34. The van der Waals surface area contributed by atoms with E-state index in [4.69, 9.17) is 0 Å². The van der Waals surface area contributed by atoms with E-state index in [9.17, 15) is 0 Å². The van der Waals surface area contributed by atoms with Crippen LogP contribution in [0.15, 0.2) is 18.5 Å². The first-order valence-corrected chi connectivity index (χ1v) is 3.19. The van der Waals surface area contributed by atoms with E-state index in [2.05, 4.69) is 15.1 Å². The van der Waals surface area contributed by atoms with Crippen LogP contribution in [0.1, 0.15) is 5.56 Å². The van der Waals surface area contributed by atoms with Crippen molar-refractivity contribution in [1.29, 1.82) is 0 Å². The fraction of sp³-hybridized carbons (Fsp3) is 0.429. The van der Waals surface area contributed by atoms with E-state index in [0.29, 0.717) is 0 Å². The van der Waals surface area contributed by atoms with Crippen LogP contribution in [0.5, 0.6) is 0 Å². The minimum Gasteiger partial charge on any atom is -0.305 e. The van der Waals surface area contributed by atoms with Crippen molar-refractivity contribution in [3.05, 3.63) is 24.0 Å². The fourth-order valence-electron chi connectivity index (χ4n) is 0.777. The molecular formula is C7H11N3. The molecule has 0 radical (unpaired) electrons. The van der Waals surface area contributed by atoms with Crippen LogP contribution in [0.4, 0.5) is 0 Å². The van der Waals surface area contributed by atoms with Gasteiger partial charge in [0, 0.05) is 12.7 Å². The zero-order chi connectivity index (χ0) is 7.40. The van der Waals surface area contributed by atoms with Gasteiger partial charge in [0.05, 0.1) is 6.20 Å². The van der Waals surface area contributed by atoms with Crippen molar-refractivity contribution in [3.63, 3.8) is 0 Å². The number of aromatic nitrogens is 2. The van der Waals surface area contributed by atoms with E-state index < -0.39 is 0 Å². The quantitative estimate of drug-likeness (QED) is 0.595. The van der Waals surface area contributed by atoms with Gasteiger partial charge in [-0.3, -0.25) is 0 Å². The molecule has 0 unspecified atom stereocenters. The van der Waals surface area contributed by atoms with Crippen molar-refractivity contribution in [2.24, 2.45) is 0 Å². The van der Waals surface area contributed by atoms with Crippen molar-refractivity contribution in [2.75, 3.05) is 14.1 Å². The molecule has 0 bridgehead atoms.